The fraction of sp³-hybridized carbons (Fsp3) is 0.552. The van der Waals surface area contributed by atoms with Gasteiger partial charge in [0.05, 0.1) is 23.3 Å². The predicted molar refractivity (Wildman–Crippen MR) is 131 cm³/mol. The third-order valence-corrected chi connectivity index (χ3v) is 8.54. The van der Waals surface area contributed by atoms with E-state index in [1.807, 2.05) is 0 Å². The molecule has 3 heterocycles. The summed E-state index contributed by atoms with van der Waals surface area (Å²) in [6, 6.07) is 6.91. The second-order valence-electron chi connectivity index (χ2n) is 11.0. The van der Waals surface area contributed by atoms with E-state index in [0.29, 0.717) is 49.7 Å². The first-order valence-corrected chi connectivity index (χ1v) is 13.4. The molecular formula is C29H30F7NO3. The largest absolute Gasteiger partial charge is 0.416 e. The summed E-state index contributed by atoms with van der Waals surface area (Å²) < 4.78 is 106. The van der Waals surface area contributed by atoms with Crippen LogP contribution < -0.4 is 0 Å². The van der Waals surface area contributed by atoms with Gasteiger partial charge in [-0.05, 0) is 79.5 Å². The summed E-state index contributed by atoms with van der Waals surface area (Å²) in [7, 11) is 0. The van der Waals surface area contributed by atoms with Gasteiger partial charge in [-0.15, -0.1) is 0 Å². The van der Waals surface area contributed by atoms with E-state index in [1.165, 1.54) is 19.1 Å². The number of amides is 1. The molecule has 0 radical (unpaired) electrons. The molecule has 0 spiro atoms. The van der Waals surface area contributed by atoms with Crippen molar-refractivity contribution in [3.8, 4) is 0 Å². The van der Waals surface area contributed by atoms with Gasteiger partial charge in [0.1, 0.15) is 5.82 Å². The number of alkyl halides is 6. The number of ether oxygens (including phenoxy) is 2. The Morgan fingerprint density at radius 2 is 1.52 bits per heavy atom. The molecule has 0 bridgehead atoms. The molecule has 0 saturated carbocycles. The number of halogens is 7. The molecule has 4 nitrogen and oxygen atoms in total. The van der Waals surface area contributed by atoms with Crippen LogP contribution in [-0.2, 0) is 26.6 Å². The molecule has 3 fully saturated rings. The van der Waals surface area contributed by atoms with E-state index in [0.717, 1.165) is 12.8 Å². The first-order valence-electron chi connectivity index (χ1n) is 13.4. The minimum absolute atomic E-state index is 0.0583. The Balaban J connectivity index is 1.46. The highest BCUT2D eigenvalue weighted by molar-refractivity contribution is 5.78. The number of rotatable bonds is 5. The van der Waals surface area contributed by atoms with Crippen LogP contribution in [0.2, 0.25) is 0 Å². The van der Waals surface area contributed by atoms with Crippen LogP contribution in [0.25, 0.3) is 0 Å². The maximum Gasteiger partial charge on any atom is 0.416 e. The van der Waals surface area contributed by atoms with Crippen molar-refractivity contribution < 1.29 is 45.0 Å². The number of nitrogens with zero attached hydrogens (tertiary/aromatic N) is 1. The summed E-state index contributed by atoms with van der Waals surface area (Å²) >= 11 is 0. The van der Waals surface area contributed by atoms with Gasteiger partial charge < -0.3 is 14.4 Å². The van der Waals surface area contributed by atoms with Crippen molar-refractivity contribution in [1.29, 1.82) is 0 Å². The Labute approximate surface area is 227 Å². The Morgan fingerprint density at radius 1 is 0.925 bits per heavy atom. The lowest BCUT2D eigenvalue weighted by molar-refractivity contribution is -0.143. The molecule has 218 valence electrons. The Bertz CT molecular complexity index is 1180. The summed E-state index contributed by atoms with van der Waals surface area (Å²) in [5.41, 5.74) is -2.40. The Hall–Kier alpha value is -2.66. The summed E-state index contributed by atoms with van der Waals surface area (Å²) in [4.78, 5) is 15.0. The molecule has 3 aliphatic heterocycles. The van der Waals surface area contributed by atoms with Crippen LogP contribution in [-0.4, -0.2) is 42.7 Å². The fourth-order valence-electron chi connectivity index (χ4n) is 6.53. The van der Waals surface area contributed by atoms with Gasteiger partial charge in [-0.25, -0.2) is 4.39 Å². The van der Waals surface area contributed by atoms with E-state index in [-0.39, 0.29) is 36.0 Å². The average molecular weight is 574 g/mol. The Morgan fingerprint density at radius 3 is 2.10 bits per heavy atom. The van der Waals surface area contributed by atoms with Crippen molar-refractivity contribution in [1.82, 2.24) is 4.90 Å². The minimum atomic E-state index is -4.98. The lowest BCUT2D eigenvalue weighted by atomic mass is 9.74. The van der Waals surface area contributed by atoms with E-state index in [1.54, 1.807) is 17.0 Å². The number of carbonyl (C=O) groups is 1. The molecule has 1 unspecified atom stereocenters. The molecule has 0 N–H and O–H groups in total. The van der Waals surface area contributed by atoms with E-state index in [4.69, 9.17) is 9.47 Å². The number of hydrogen-bond acceptors (Lipinski definition) is 3. The van der Waals surface area contributed by atoms with Gasteiger partial charge in [0, 0.05) is 38.1 Å². The molecule has 5 rings (SSSR count). The number of carbonyl (C=O) groups excluding carboxylic acids is 1. The van der Waals surface area contributed by atoms with Crippen molar-refractivity contribution in [2.75, 3.05) is 19.8 Å². The first kappa shape index (κ1) is 28.9. The third kappa shape index (κ3) is 6.00. The molecule has 3 aliphatic rings. The molecule has 0 aliphatic carbocycles. The maximum absolute atomic E-state index is 13.8. The summed E-state index contributed by atoms with van der Waals surface area (Å²) in [5, 5.41) is 0. The summed E-state index contributed by atoms with van der Waals surface area (Å²) in [5.74, 6) is -0.500. The van der Waals surface area contributed by atoms with Gasteiger partial charge in [-0.3, -0.25) is 4.79 Å². The van der Waals surface area contributed by atoms with Crippen molar-refractivity contribution in [2.24, 2.45) is 11.8 Å². The summed E-state index contributed by atoms with van der Waals surface area (Å²) in [6.45, 7) is 2.80. The molecular weight excluding hydrogens is 543 g/mol. The highest BCUT2D eigenvalue weighted by Crippen LogP contribution is 2.47. The molecule has 0 aromatic heterocycles. The smallest absolute Gasteiger partial charge is 0.381 e. The van der Waals surface area contributed by atoms with Gasteiger partial charge >= 0.3 is 12.4 Å². The SMILES string of the molecule is C[C@@H](O[C@H]1CN2C(=O)CC(C3CCOCC3)C[C@H]2[C@@H]1c1ccc(F)cc1)c1cc(C(F)(F)F)cc(C(F)(F)F)c1. The predicted octanol–water partition coefficient (Wildman–Crippen LogP) is 7.14. The Kier molecular flexibility index (Phi) is 7.91. The lowest BCUT2D eigenvalue weighted by Gasteiger charge is -2.41. The van der Waals surface area contributed by atoms with Gasteiger partial charge in [-0.1, -0.05) is 12.1 Å². The summed E-state index contributed by atoms with van der Waals surface area (Å²) in [6.07, 6.45) is -9.08. The minimum Gasteiger partial charge on any atom is -0.381 e. The zero-order chi connectivity index (χ0) is 28.8. The maximum atomic E-state index is 13.8. The van der Waals surface area contributed by atoms with Gasteiger partial charge in [0.25, 0.3) is 0 Å². The first-order chi connectivity index (χ1) is 18.8. The number of fused-ring (bicyclic) bond motifs is 1. The van der Waals surface area contributed by atoms with Crippen LogP contribution in [0.15, 0.2) is 42.5 Å². The van der Waals surface area contributed by atoms with Crippen molar-refractivity contribution in [3.05, 3.63) is 70.5 Å². The van der Waals surface area contributed by atoms with Gasteiger partial charge in [-0.2, -0.15) is 26.3 Å². The number of benzene rings is 2. The third-order valence-electron chi connectivity index (χ3n) is 8.54. The molecule has 11 heteroatoms. The van der Waals surface area contributed by atoms with Crippen molar-refractivity contribution in [3.63, 3.8) is 0 Å². The monoisotopic (exact) mass is 573 g/mol. The van der Waals surface area contributed by atoms with Gasteiger partial charge in [0.15, 0.2) is 0 Å². The van der Waals surface area contributed by atoms with Crippen LogP contribution in [0.3, 0.4) is 0 Å². The number of hydrogen-bond donors (Lipinski definition) is 0. The molecule has 40 heavy (non-hydrogen) atoms. The van der Waals surface area contributed by atoms with Gasteiger partial charge in [0.2, 0.25) is 5.91 Å². The molecule has 2 aromatic rings. The second kappa shape index (κ2) is 11.0. The highest BCUT2D eigenvalue weighted by atomic mass is 19.4. The quantitative estimate of drug-likeness (QED) is 0.357. The van der Waals surface area contributed by atoms with Crippen LogP contribution >= 0.6 is 0 Å². The van der Waals surface area contributed by atoms with E-state index >= 15 is 0 Å². The average Bonchev–Trinajstić information content (AvgIpc) is 3.26. The fourth-order valence-corrected chi connectivity index (χ4v) is 6.53. The van der Waals surface area contributed by atoms with Crippen LogP contribution in [0.1, 0.15) is 66.9 Å². The van der Waals surface area contributed by atoms with Crippen LogP contribution in [0, 0.1) is 17.7 Å². The van der Waals surface area contributed by atoms with E-state index in [2.05, 4.69) is 0 Å². The highest BCUT2D eigenvalue weighted by Gasteiger charge is 2.50. The second-order valence-corrected chi connectivity index (χ2v) is 11.0. The molecule has 5 atom stereocenters. The van der Waals surface area contributed by atoms with E-state index < -0.39 is 47.4 Å². The zero-order valence-corrected chi connectivity index (χ0v) is 21.8. The van der Waals surface area contributed by atoms with E-state index in [9.17, 15) is 35.5 Å². The van der Waals surface area contributed by atoms with Crippen LogP contribution in [0.4, 0.5) is 30.7 Å². The topological polar surface area (TPSA) is 38.8 Å². The van der Waals surface area contributed by atoms with Crippen molar-refractivity contribution >= 4 is 5.91 Å². The number of piperidine rings is 1. The van der Waals surface area contributed by atoms with Crippen LogP contribution in [0.5, 0.6) is 0 Å². The standard InChI is InChI=1S/C29H30F7NO3/c1-16(19-10-21(28(31,32)33)14-22(11-19)29(34,35)36)40-25-15-37-24(27(25)18-2-4-23(30)5-3-18)12-20(13-26(37)38)17-6-8-39-9-7-17/h2-5,10-11,14,16-17,20,24-25,27H,6-9,12-13,15H2,1H3/t16-,20?,24+,25+,27+/m1/s1. The van der Waals surface area contributed by atoms with Crippen molar-refractivity contribution in [2.45, 2.75) is 69.1 Å². The zero-order valence-electron chi connectivity index (χ0n) is 21.8. The lowest BCUT2D eigenvalue weighted by Crippen LogP contribution is -2.46. The molecule has 2 aromatic carbocycles. The normalized spacial score (nSPS) is 27.1. The molecule has 3 saturated heterocycles. The molecule has 1 amide bonds.